The van der Waals surface area contributed by atoms with Crippen LogP contribution in [0.25, 0.3) is 0 Å². The molecule has 12 heteroatoms. The summed E-state index contributed by atoms with van der Waals surface area (Å²) in [6, 6.07) is 11.5. The molecule has 0 spiro atoms. The second-order valence-electron chi connectivity index (χ2n) is 6.94. The van der Waals surface area contributed by atoms with Crippen molar-refractivity contribution >= 4 is 52.5 Å². The number of nitrogens with zero attached hydrogens (tertiary/aromatic N) is 3. The van der Waals surface area contributed by atoms with Crippen molar-refractivity contribution in [2.75, 3.05) is 30.6 Å². The van der Waals surface area contributed by atoms with Crippen LogP contribution in [-0.2, 0) is 27.8 Å². The lowest BCUT2D eigenvalue weighted by Gasteiger charge is -2.09. The first-order valence-electron chi connectivity index (χ1n) is 9.93. The van der Waals surface area contributed by atoms with Crippen LogP contribution in [0.5, 0.6) is 5.75 Å². The molecule has 1 aromatic heterocycles. The van der Waals surface area contributed by atoms with E-state index in [0.717, 1.165) is 11.8 Å². The van der Waals surface area contributed by atoms with Crippen LogP contribution in [0.2, 0.25) is 5.02 Å². The number of ether oxygens (including phenoxy) is 2. The molecule has 0 atom stereocenters. The van der Waals surface area contributed by atoms with Crippen LogP contribution < -0.4 is 15.4 Å². The van der Waals surface area contributed by atoms with Crippen molar-refractivity contribution in [3.63, 3.8) is 0 Å². The van der Waals surface area contributed by atoms with Gasteiger partial charge in [-0.25, -0.2) is 4.79 Å². The number of carbonyl (C=O) groups excluding carboxylic acids is 3. The predicted octanol–water partition coefficient (Wildman–Crippen LogP) is 3.18. The Kier molecular flexibility index (Phi) is 8.50. The summed E-state index contributed by atoms with van der Waals surface area (Å²) in [6.07, 6.45) is 0.00337. The second-order valence-corrected chi connectivity index (χ2v) is 8.29. The molecule has 3 aromatic rings. The zero-order valence-corrected chi connectivity index (χ0v) is 20.2. The Labute approximate surface area is 205 Å². The molecule has 1 heterocycles. The highest BCUT2D eigenvalue weighted by Crippen LogP contribution is 2.24. The highest BCUT2D eigenvalue weighted by molar-refractivity contribution is 7.99. The Hall–Kier alpha value is -3.57. The van der Waals surface area contributed by atoms with Crippen LogP contribution >= 0.6 is 23.4 Å². The molecule has 34 heavy (non-hydrogen) atoms. The zero-order valence-electron chi connectivity index (χ0n) is 18.6. The second kappa shape index (κ2) is 11.5. The average molecular weight is 504 g/mol. The zero-order chi connectivity index (χ0) is 24.7. The molecule has 0 saturated carbocycles. The van der Waals surface area contributed by atoms with Crippen molar-refractivity contribution in [3.8, 4) is 5.75 Å². The van der Waals surface area contributed by atoms with Crippen LogP contribution in [0.3, 0.4) is 0 Å². The van der Waals surface area contributed by atoms with Gasteiger partial charge in [0.05, 0.1) is 42.7 Å². The Morgan fingerprint density at radius 1 is 1.06 bits per heavy atom. The predicted molar refractivity (Wildman–Crippen MR) is 128 cm³/mol. The lowest BCUT2D eigenvalue weighted by Crippen LogP contribution is -2.17. The number of hydrogen-bond donors (Lipinski definition) is 2. The molecule has 0 unspecified atom stereocenters. The van der Waals surface area contributed by atoms with E-state index in [4.69, 9.17) is 16.3 Å². The summed E-state index contributed by atoms with van der Waals surface area (Å²) in [6.45, 7) is 0. The number of anilines is 2. The Bertz CT molecular complexity index is 1220. The fraction of sp³-hybridized carbons (Fsp3) is 0.227. The summed E-state index contributed by atoms with van der Waals surface area (Å²) in [5, 5.41) is 14.3. The Balaban J connectivity index is 1.56. The number of hydrogen-bond acceptors (Lipinski definition) is 8. The van der Waals surface area contributed by atoms with E-state index < -0.39 is 5.97 Å². The van der Waals surface area contributed by atoms with Gasteiger partial charge in [0.25, 0.3) is 0 Å². The summed E-state index contributed by atoms with van der Waals surface area (Å²) in [7, 11) is 4.53. The van der Waals surface area contributed by atoms with E-state index in [1.165, 1.54) is 25.3 Å². The quantitative estimate of drug-likeness (QED) is 0.337. The number of thioether (sulfide) groups is 1. The number of rotatable bonds is 9. The van der Waals surface area contributed by atoms with E-state index in [0.29, 0.717) is 28.1 Å². The van der Waals surface area contributed by atoms with Gasteiger partial charge in [0.15, 0.2) is 5.16 Å². The molecule has 2 N–H and O–H groups in total. The summed E-state index contributed by atoms with van der Waals surface area (Å²) in [5.74, 6) is -0.0688. The molecule has 3 rings (SSSR count). The van der Waals surface area contributed by atoms with E-state index in [9.17, 15) is 14.4 Å². The summed E-state index contributed by atoms with van der Waals surface area (Å²) >= 11 is 7.26. The van der Waals surface area contributed by atoms with Crippen LogP contribution in [-0.4, -0.2) is 52.5 Å². The number of aromatic nitrogens is 3. The number of halogens is 1. The minimum atomic E-state index is -0.538. The van der Waals surface area contributed by atoms with Gasteiger partial charge in [0.1, 0.15) is 11.6 Å². The first kappa shape index (κ1) is 25.1. The molecule has 0 bridgehead atoms. The summed E-state index contributed by atoms with van der Waals surface area (Å²) in [4.78, 5) is 36.5. The molecule has 0 radical (unpaired) electrons. The molecule has 2 amide bonds. The molecular formula is C22H22ClN5O5S. The van der Waals surface area contributed by atoms with E-state index in [1.54, 1.807) is 43.0 Å². The third kappa shape index (κ3) is 6.49. The van der Waals surface area contributed by atoms with Crippen LogP contribution in [0.15, 0.2) is 47.6 Å². The normalized spacial score (nSPS) is 10.5. The maximum atomic E-state index is 12.4. The molecule has 0 saturated heterocycles. The molecular weight excluding hydrogens is 482 g/mol. The lowest BCUT2D eigenvalue weighted by molar-refractivity contribution is -0.116. The SMILES string of the molecule is COC(=O)c1ccc(Cl)c(NC(=O)CSc2nnc(CC(=O)Nc3cccc(OC)c3)n2C)c1. The van der Waals surface area contributed by atoms with Crippen molar-refractivity contribution in [3.05, 3.63) is 58.9 Å². The van der Waals surface area contributed by atoms with Gasteiger partial charge >= 0.3 is 5.97 Å². The standard InChI is InChI=1S/C22H22ClN5O5S/c1-28-18(11-19(29)24-14-5-4-6-15(10-14)32-2)26-27-22(28)34-12-20(30)25-17-9-13(21(31)33-3)7-8-16(17)23/h4-10H,11-12H2,1-3H3,(H,24,29)(H,25,30). The van der Waals surface area contributed by atoms with Gasteiger partial charge < -0.3 is 24.7 Å². The van der Waals surface area contributed by atoms with E-state index >= 15 is 0 Å². The number of methoxy groups -OCH3 is 2. The van der Waals surface area contributed by atoms with Crippen molar-refractivity contribution in [1.82, 2.24) is 14.8 Å². The molecule has 0 fully saturated rings. The maximum absolute atomic E-state index is 12.4. The average Bonchev–Trinajstić information content (AvgIpc) is 3.17. The highest BCUT2D eigenvalue weighted by atomic mass is 35.5. The minimum absolute atomic E-state index is 0.00337. The number of esters is 1. The van der Waals surface area contributed by atoms with Crippen molar-refractivity contribution in [1.29, 1.82) is 0 Å². The Morgan fingerprint density at radius 2 is 1.85 bits per heavy atom. The van der Waals surface area contributed by atoms with E-state index in [-0.39, 0.29) is 34.6 Å². The van der Waals surface area contributed by atoms with Gasteiger partial charge in [-0.15, -0.1) is 10.2 Å². The fourth-order valence-electron chi connectivity index (χ4n) is 2.86. The van der Waals surface area contributed by atoms with Crippen molar-refractivity contribution < 1.29 is 23.9 Å². The van der Waals surface area contributed by atoms with Crippen LogP contribution in [0.4, 0.5) is 11.4 Å². The lowest BCUT2D eigenvalue weighted by atomic mass is 10.2. The summed E-state index contributed by atoms with van der Waals surface area (Å²) < 4.78 is 11.5. The number of nitrogens with one attached hydrogen (secondary N) is 2. The number of amides is 2. The van der Waals surface area contributed by atoms with Crippen molar-refractivity contribution in [2.45, 2.75) is 11.6 Å². The molecule has 2 aromatic carbocycles. The van der Waals surface area contributed by atoms with Gasteiger partial charge in [0, 0.05) is 18.8 Å². The molecule has 0 aliphatic rings. The van der Waals surface area contributed by atoms with Crippen LogP contribution in [0, 0.1) is 0 Å². The molecule has 10 nitrogen and oxygen atoms in total. The van der Waals surface area contributed by atoms with Crippen LogP contribution in [0.1, 0.15) is 16.2 Å². The monoisotopic (exact) mass is 503 g/mol. The van der Waals surface area contributed by atoms with E-state index in [1.807, 2.05) is 0 Å². The maximum Gasteiger partial charge on any atom is 0.337 e. The summed E-state index contributed by atoms with van der Waals surface area (Å²) in [5.41, 5.74) is 1.16. The highest BCUT2D eigenvalue weighted by Gasteiger charge is 2.16. The van der Waals surface area contributed by atoms with Gasteiger partial charge in [-0.3, -0.25) is 9.59 Å². The first-order valence-corrected chi connectivity index (χ1v) is 11.3. The van der Waals surface area contributed by atoms with Gasteiger partial charge in [-0.05, 0) is 30.3 Å². The third-order valence-electron chi connectivity index (χ3n) is 4.59. The first-order chi connectivity index (χ1) is 16.3. The topological polar surface area (TPSA) is 124 Å². The Morgan fingerprint density at radius 3 is 2.59 bits per heavy atom. The minimum Gasteiger partial charge on any atom is -0.497 e. The number of carbonyl (C=O) groups is 3. The fourth-order valence-corrected chi connectivity index (χ4v) is 3.75. The van der Waals surface area contributed by atoms with Crippen molar-refractivity contribution in [2.24, 2.45) is 7.05 Å². The van der Waals surface area contributed by atoms with Gasteiger partial charge in [-0.1, -0.05) is 29.4 Å². The smallest absolute Gasteiger partial charge is 0.337 e. The molecule has 0 aliphatic carbocycles. The number of benzene rings is 2. The largest absolute Gasteiger partial charge is 0.497 e. The van der Waals surface area contributed by atoms with E-state index in [2.05, 4.69) is 25.6 Å². The van der Waals surface area contributed by atoms with Gasteiger partial charge in [-0.2, -0.15) is 0 Å². The van der Waals surface area contributed by atoms with Gasteiger partial charge in [0.2, 0.25) is 11.8 Å². The molecule has 178 valence electrons. The third-order valence-corrected chi connectivity index (χ3v) is 5.94. The molecule has 0 aliphatic heterocycles.